The summed E-state index contributed by atoms with van der Waals surface area (Å²) < 4.78 is 4.59. The maximum atomic E-state index is 4.59. The first kappa shape index (κ1) is 17.7. The first-order valence-electron chi connectivity index (χ1n) is 5.58. The van der Waals surface area contributed by atoms with E-state index in [0.717, 1.165) is 0 Å². The Hall–Kier alpha value is 0.700. The molecular formula is C10H26ClN4P2. The van der Waals surface area contributed by atoms with Crippen LogP contribution in [0.25, 0.3) is 0 Å². The van der Waals surface area contributed by atoms with Gasteiger partial charge in [0.15, 0.2) is 0 Å². The highest BCUT2D eigenvalue weighted by molar-refractivity contribution is 7.53. The van der Waals surface area contributed by atoms with Gasteiger partial charge in [0.1, 0.15) is 5.40 Å². The molecule has 3 atom stereocenters. The molecular weight excluding hydrogens is 274 g/mol. The monoisotopic (exact) mass is 299 g/mol. The molecule has 1 rings (SSSR count). The fraction of sp³-hybridized carbons (Fsp3) is 1.00. The third-order valence-corrected chi connectivity index (χ3v) is 7.18. The van der Waals surface area contributed by atoms with Crippen LogP contribution in [0.3, 0.4) is 0 Å². The van der Waals surface area contributed by atoms with E-state index in [1.807, 2.05) is 0 Å². The van der Waals surface area contributed by atoms with Gasteiger partial charge in [-0.2, -0.15) is 0 Å². The number of rotatable bonds is 3. The minimum absolute atomic E-state index is 0. The largest absolute Gasteiger partial charge is 0.303 e. The zero-order chi connectivity index (χ0) is 12.5. The number of nitrogens with zero attached hydrogens (tertiary/aromatic N) is 4. The molecule has 1 radical (unpaired) electrons. The Morgan fingerprint density at radius 1 is 1.12 bits per heavy atom. The van der Waals surface area contributed by atoms with Crippen molar-refractivity contribution >= 4 is 29.5 Å². The van der Waals surface area contributed by atoms with E-state index in [9.17, 15) is 0 Å². The van der Waals surface area contributed by atoms with Crippen LogP contribution < -0.4 is 0 Å². The molecule has 0 bridgehead atoms. The highest BCUT2D eigenvalue weighted by Gasteiger charge is 2.52. The number of likely N-dealkylation sites (N-methyl/N-ethyl adjacent to an activating group) is 3. The molecule has 0 aliphatic carbocycles. The Kier molecular flexibility index (Phi) is 7.02. The molecule has 7 heteroatoms. The Morgan fingerprint density at radius 2 is 1.59 bits per heavy atom. The number of hydrogen-bond acceptors (Lipinski definition) is 4. The Balaban J connectivity index is 0.00000256. The topological polar surface area (TPSA) is 22.1 Å². The minimum Gasteiger partial charge on any atom is -0.303 e. The smallest absolute Gasteiger partial charge is 0.141 e. The molecule has 1 saturated heterocycles. The van der Waals surface area contributed by atoms with Crippen LogP contribution in [0.2, 0.25) is 0 Å². The molecule has 0 N–H and O–H groups in total. The highest BCUT2D eigenvalue weighted by atomic mass is 35.5. The molecule has 1 aliphatic heterocycles. The van der Waals surface area contributed by atoms with Gasteiger partial charge in [-0.1, -0.05) is 0 Å². The van der Waals surface area contributed by atoms with E-state index >= 15 is 0 Å². The second-order valence-corrected chi connectivity index (χ2v) is 7.81. The molecule has 1 fully saturated rings. The summed E-state index contributed by atoms with van der Waals surface area (Å²) in [6.07, 6.45) is 2.45. The molecule has 0 aromatic rings. The van der Waals surface area contributed by atoms with Crippen LogP contribution in [0.15, 0.2) is 4.52 Å². The van der Waals surface area contributed by atoms with Crippen molar-refractivity contribution in [1.29, 1.82) is 0 Å². The molecule has 0 spiro atoms. The first-order chi connectivity index (χ1) is 7.38. The standard InChI is InChI=1S/C10H25N4P2.ClH/c1-12(2)9-7-8-16(11-15)10(9,13(3)4)14(5)6;/h9H,7-8,15H2,1-6H3;1H. The van der Waals surface area contributed by atoms with Gasteiger partial charge in [-0.3, -0.25) is 14.3 Å². The van der Waals surface area contributed by atoms with Crippen LogP contribution in [0.4, 0.5) is 0 Å². The zero-order valence-electron chi connectivity index (χ0n) is 11.7. The van der Waals surface area contributed by atoms with Crippen molar-refractivity contribution in [3.8, 4) is 0 Å². The highest BCUT2D eigenvalue weighted by Crippen LogP contribution is 2.55. The van der Waals surface area contributed by atoms with Crippen LogP contribution in [0.1, 0.15) is 6.42 Å². The fourth-order valence-corrected chi connectivity index (χ4v) is 6.57. The zero-order valence-corrected chi connectivity index (χ0v) is 14.6. The Labute approximate surface area is 115 Å². The van der Waals surface area contributed by atoms with Gasteiger partial charge in [-0.05, 0) is 65.8 Å². The van der Waals surface area contributed by atoms with Crippen LogP contribution in [-0.4, -0.2) is 74.6 Å². The Bertz CT molecular complexity index is 273. The summed E-state index contributed by atoms with van der Waals surface area (Å²) in [7, 11) is 15.3. The summed E-state index contributed by atoms with van der Waals surface area (Å²) in [5.74, 6) is 0. The van der Waals surface area contributed by atoms with Crippen LogP contribution >= 0.6 is 29.5 Å². The summed E-state index contributed by atoms with van der Waals surface area (Å²) in [5, 5.41) is 0.0700. The van der Waals surface area contributed by atoms with Gasteiger partial charge in [0.2, 0.25) is 0 Å². The van der Waals surface area contributed by atoms with Gasteiger partial charge < -0.3 is 4.90 Å². The maximum Gasteiger partial charge on any atom is 0.141 e. The van der Waals surface area contributed by atoms with E-state index in [4.69, 9.17) is 0 Å². The minimum atomic E-state index is -0.343. The van der Waals surface area contributed by atoms with Crippen LogP contribution in [0.5, 0.6) is 0 Å². The average molecular weight is 300 g/mol. The van der Waals surface area contributed by atoms with Gasteiger partial charge in [0.05, 0.1) is 6.04 Å². The number of halogens is 1. The predicted molar refractivity (Wildman–Crippen MR) is 83.4 cm³/mol. The molecule has 0 amide bonds. The van der Waals surface area contributed by atoms with E-state index < -0.39 is 0 Å². The third kappa shape index (κ3) is 2.83. The lowest BCUT2D eigenvalue weighted by Crippen LogP contribution is -2.61. The molecule has 1 aliphatic rings. The SMILES string of the molecule is CN(C)C1CC[P](=NP)C1(N(C)C)N(C)C.Cl. The van der Waals surface area contributed by atoms with Gasteiger partial charge in [0, 0.05) is 6.16 Å². The van der Waals surface area contributed by atoms with Crippen molar-refractivity contribution in [3.05, 3.63) is 0 Å². The van der Waals surface area contributed by atoms with Crippen molar-refractivity contribution in [1.82, 2.24) is 14.7 Å². The molecule has 103 valence electrons. The van der Waals surface area contributed by atoms with Crippen molar-refractivity contribution < 1.29 is 0 Å². The number of hydrogen-bond donors (Lipinski definition) is 0. The van der Waals surface area contributed by atoms with Gasteiger partial charge >= 0.3 is 0 Å². The summed E-state index contributed by atoms with van der Waals surface area (Å²) >= 11 is 0. The lowest BCUT2D eigenvalue weighted by Gasteiger charge is -2.48. The first-order valence-corrected chi connectivity index (χ1v) is 7.58. The summed E-state index contributed by atoms with van der Waals surface area (Å²) in [6, 6.07) is 0.549. The molecule has 0 aromatic heterocycles. The molecule has 17 heavy (non-hydrogen) atoms. The quantitative estimate of drug-likeness (QED) is 0.588. The van der Waals surface area contributed by atoms with Gasteiger partial charge in [0.25, 0.3) is 0 Å². The lowest BCUT2D eigenvalue weighted by molar-refractivity contribution is 0.0195. The van der Waals surface area contributed by atoms with E-state index in [1.54, 1.807) is 0 Å². The second kappa shape index (κ2) is 6.75. The van der Waals surface area contributed by atoms with Crippen LogP contribution in [-0.2, 0) is 0 Å². The van der Waals surface area contributed by atoms with Crippen molar-refractivity contribution in [3.63, 3.8) is 0 Å². The third-order valence-electron chi connectivity index (χ3n) is 3.52. The van der Waals surface area contributed by atoms with Gasteiger partial charge in [-0.25, -0.2) is 0 Å². The summed E-state index contributed by atoms with van der Waals surface area (Å²) in [4.78, 5) is 7.05. The molecule has 0 aromatic carbocycles. The van der Waals surface area contributed by atoms with Gasteiger partial charge in [-0.15, -0.1) is 12.4 Å². The second-order valence-electron chi connectivity index (χ2n) is 4.98. The van der Waals surface area contributed by atoms with E-state index in [2.05, 4.69) is 70.9 Å². The van der Waals surface area contributed by atoms with E-state index in [1.165, 1.54) is 12.6 Å². The Morgan fingerprint density at radius 3 is 1.88 bits per heavy atom. The average Bonchev–Trinajstić information content (AvgIpc) is 2.56. The molecule has 1 heterocycles. The van der Waals surface area contributed by atoms with E-state index in [-0.39, 0.29) is 25.5 Å². The summed E-state index contributed by atoms with van der Waals surface area (Å²) in [6.45, 7) is 0. The normalized spacial score (nSPS) is 26.0. The van der Waals surface area contributed by atoms with Crippen molar-refractivity contribution in [2.24, 2.45) is 4.52 Å². The fourth-order valence-electron chi connectivity index (χ4n) is 2.98. The van der Waals surface area contributed by atoms with Crippen molar-refractivity contribution in [2.45, 2.75) is 17.9 Å². The van der Waals surface area contributed by atoms with Crippen molar-refractivity contribution in [2.75, 3.05) is 48.4 Å². The van der Waals surface area contributed by atoms with E-state index in [0.29, 0.717) is 6.04 Å². The predicted octanol–water partition coefficient (Wildman–Crippen LogP) is 1.97. The molecule has 3 unspecified atom stereocenters. The summed E-state index contributed by atoms with van der Waals surface area (Å²) in [5.41, 5.74) is 0. The lowest BCUT2D eigenvalue weighted by atomic mass is 10.1. The molecule has 4 nitrogen and oxygen atoms in total. The van der Waals surface area contributed by atoms with Crippen LogP contribution in [0, 0.1) is 0 Å². The molecule has 0 saturated carbocycles. The maximum absolute atomic E-state index is 4.59.